The summed E-state index contributed by atoms with van der Waals surface area (Å²) in [6.07, 6.45) is 23.6. The number of carboxylic acid groups (broad SMARTS) is 1. The lowest BCUT2D eigenvalue weighted by Crippen LogP contribution is -2.36. The minimum atomic E-state index is -1.26. The van der Waals surface area contributed by atoms with Gasteiger partial charge in [-0.1, -0.05) is 0 Å². The third kappa shape index (κ3) is 22.4. The zero-order chi connectivity index (χ0) is 89.9. The topological polar surface area (TPSA) is 544 Å². The molecule has 0 saturated carbocycles. The average molecular weight is 1720 g/mol. The smallest absolute Gasteiger partial charge is 0.410 e. The number of hydrogen-bond acceptors (Lipinski definition) is 33. The van der Waals surface area contributed by atoms with Crippen LogP contribution in [-0.4, -0.2) is 205 Å². The average Bonchev–Trinajstić information content (AvgIpc) is 1.28. The molecule has 0 bridgehead atoms. The van der Waals surface area contributed by atoms with Crippen LogP contribution in [0.2, 0.25) is 0 Å². The largest absolute Gasteiger partial charge is 0.490 e. The van der Waals surface area contributed by atoms with Crippen molar-refractivity contribution in [3.8, 4) is 85.8 Å². The van der Waals surface area contributed by atoms with E-state index < -0.39 is 35.1 Å². The lowest BCUT2D eigenvalue weighted by molar-refractivity contribution is 0.0268. The van der Waals surface area contributed by atoms with E-state index in [1.165, 1.54) is 47.2 Å². The van der Waals surface area contributed by atoms with Gasteiger partial charge in [0.1, 0.15) is 112 Å². The lowest BCUT2D eigenvalue weighted by atomic mass is 10.1. The van der Waals surface area contributed by atoms with E-state index in [-0.39, 0.29) is 95.9 Å². The zero-order valence-corrected chi connectivity index (χ0v) is 71.0. The first-order chi connectivity index (χ1) is 60.4. The number of carbonyl (C=O) groups is 5. The molecule has 126 heavy (non-hydrogen) atoms. The zero-order valence-electron chi connectivity index (χ0n) is 71.0. The van der Waals surface area contributed by atoms with Crippen LogP contribution in [0, 0.1) is 20.8 Å². The van der Waals surface area contributed by atoms with Gasteiger partial charge in [0.05, 0.1) is 50.5 Å². The summed E-state index contributed by atoms with van der Waals surface area (Å²) in [4.78, 5) is 130. The molecule has 12 N–H and O–H groups in total. The molecule has 0 aliphatic heterocycles. The number of aromatic nitrogens is 18. The predicted molar refractivity (Wildman–Crippen MR) is 461 cm³/mol. The Bertz CT molecular complexity index is 6320. The Balaban J connectivity index is 0.000000159. The molecular formula is C85H93N27O14. The van der Waals surface area contributed by atoms with E-state index in [0.29, 0.717) is 107 Å². The van der Waals surface area contributed by atoms with Gasteiger partial charge in [-0.25, -0.2) is 74.2 Å². The summed E-state index contributed by atoms with van der Waals surface area (Å²) >= 11 is 0. The molecule has 41 heteroatoms. The van der Waals surface area contributed by atoms with Gasteiger partial charge in [0.15, 0.2) is 51.6 Å². The van der Waals surface area contributed by atoms with Crippen molar-refractivity contribution < 1.29 is 66.0 Å². The van der Waals surface area contributed by atoms with Crippen LogP contribution in [0.1, 0.15) is 107 Å². The number of carbonyl (C=O) groups excluding carboxylic acids is 4. The first-order valence-corrected chi connectivity index (χ1v) is 39.2. The summed E-state index contributed by atoms with van der Waals surface area (Å²) < 4.78 is 49.8. The number of ether oxygens (including phenoxy) is 5. The monoisotopic (exact) mass is 1720 g/mol. The lowest BCUT2D eigenvalue weighted by Gasteiger charge is -2.24. The molecule has 0 aliphatic carbocycles. The molecule has 0 fully saturated rings. The Hall–Kier alpha value is -15.9. The molecule has 4 amide bonds. The molecule has 41 nitrogen and oxygen atoms in total. The van der Waals surface area contributed by atoms with Crippen molar-refractivity contribution in [3.63, 3.8) is 0 Å². The van der Waals surface area contributed by atoms with Gasteiger partial charge in [-0.05, 0) is 142 Å². The number of carboxylic acids is 1. The SMILES string of the molecule is CN(CCOc1cccnc1CN)C(=O)OC(C)(C)C.CNCCOc1cccnc1CNC(=O)c1nc(-c2ccc3ncc(C)n3c2)c(-c2ncco2)nc1N.Cc1cnc2ccc(-c3nc(C(=O)NCc4ncccc4OCCN(C)C(=O)OC(C)(C)C)c(N)nc3-c3ncco3)cn12.Cc1cnc2ccc(-c3nc(C(=O)O)c(N)nc3-c3ncco3)cn12. The first-order valence-electron chi connectivity index (χ1n) is 39.2. The van der Waals surface area contributed by atoms with Crippen molar-refractivity contribution >= 4 is 64.4 Å². The Kier molecular flexibility index (Phi) is 28.5. The molecule has 15 aromatic rings. The molecule has 0 spiro atoms. The molecule has 15 rings (SSSR count). The maximum atomic E-state index is 13.4. The molecule has 0 aromatic carbocycles. The standard InChI is InChI=1S/C30H33N9O5.C25H25N9O3.C16H12N6O3.C14H23N3O3/c1-18-15-34-22-9-8-19(17-39(18)22)23-24(28-33-11-13-43-28)37-26(31)25(36-23)27(40)35-16-20-21(7-6-10-32-20)42-14-12-38(5)29(41)44-30(2,3)4;1-15-12-30-19-6-5-16(14-34(15)19)20-21(25-29-9-11-37-25)33-23(26)22(32-20)24(35)31-13-17-18(4-3-7-28-17)36-10-8-27-2;1-8-6-19-10-3-2-9(7-22(8)10)11-12(15-18-4-5-25-15)21-14(17)13(20-11)16(23)24;1-14(2,3)20-13(18)17(4)8-9-19-12-6-5-7-16-11(12)10-15/h6-11,13,15,17H,12,14,16H2,1-5H3,(H2,31,37)(H,35,40);3-7,9,11-12,14,27H,8,10,13H2,1-2H3,(H2,26,33)(H,31,35);2-7H,1H3,(H2,17,21)(H,23,24);5-7H,8-10,15H2,1-4H3. The number of anilines is 3. The molecule has 0 atom stereocenters. The number of nitrogens with zero attached hydrogens (tertiary/aromatic N) is 20. The highest BCUT2D eigenvalue weighted by Gasteiger charge is 2.29. The number of nitrogens with two attached hydrogens (primary N) is 4. The quantitative estimate of drug-likeness (QED) is 0.0234. The normalized spacial score (nSPS) is 11.2. The van der Waals surface area contributed by atoms with E-state index in [2.05, 4.69) is 90.7 Å². The van der Waals surface area contributed by atoms with Crippen LogP contribution in [0.3, 0.4) is 0 Å². The van der Waals surface area contributed by atoms with Gasteiger partial charge in [-0.15, -0.1) is 0 Å². The summed E-state index contributed by atoms with van der Waals surface area (Å²) in [5.74, 6) is -0.345. The fourth-order valence-corrected chi connectivity index (χ4v) is 11.9. The van der Waals surface area contributed by atoms with Gasteiger partial charge in [0.2, 0.25) is 17.7 Å². The molecule has 652 valence electrons. The summed E-state index contributed by atoms with van der Waals surface area (Å²) in [6.45, 7) is 19.5. The van der Waals surface area contributed by atoms with Crippen LogP contribution in [0.15, 0.2) is 179 Å². The Morgan fingerprint density at radius 1 is 0.444 bits per heavy atom. The van der Waals surface area contributed by atoms with E-state index >= 15 is 0 Å². The number of aromatic carboxylic acids is 1. The minimum Gasteiger partial charge on any atom is -0.490 e. The summed E-state index contributed by atoms with van der Waals surface area (Å²) in [6, 6.07) is 21.6. The fourth-order valence-electron chi connectivity index (χ4n) is 11.9. The van der Waals surface area contributed by atoms with Gasteiger partial charge in [-0.2, -0.15) is 0 Å². The number of nitrogens with one attached hydrogen (secondary N) is 3. The van der Waals surface area contributed by atoms with Crippen LogP contribution in [0.4, 0.5) is 27.0 Å². The van der Waals surface area contributed by atoms with Crippen LogP contribution in [-0.2, 0) is 29.1 Å². The maximum Gasteiger partial charge on any atom is 0.410 e. The molecule has 0 radical (unpaired) electrons. The number of pyridine rings is 6. The van der Waals surface area contributed by atoms with E-state index in [1.54, 1.807) is 121 Å². The highest BCUT2D eigenvalue weighted by Crippen LogP contribution is 2.35. The number of oxazole rings is 3. The van der Waals surface area contributed by atoms with Crippen LogP contribution in [0.5, 0.6) is 17.2 Å². The van der Waals surface area contributed by atoms with Crippen molar-refractivity contribution in [1.82, 2.24) is 114 Å². The van der Waals surface area contributed by atoms with Crippen LogP contribution in [0.25, 0.3) is 85.5 Å². The molecular weight excluding hydrogens is 1620 g/mol. The number of imidazole rings is 3. The highest BCUT2D eigenvalue weighted by molar-refractivity contribution is 5.99. The van der Waals surface area contributed by atoms with Gasteiger partial charge >= 0.3 is 18.2 Å². The van der Waals surface area contributed by atoms with Crippen LogP contribution < -0.4 is 53.1 Å². The van der Waals surface area contributed by atoms with Gasteiger partial charge < -0.3 is 104 Å². The van der Waals surface area contributed by atoms with E-state index in [1.807, 2.05) is 105 Å². The Morgan fingerprint density at radius 3 is 1.12 bits per heavy atom. The predicted octanol–water partition coefficient (Wildman–Crippen LogP) is 9.99. The van der Waals surface area contributed by atoms with Crippen LogP contribution >= 0.6 is 0 Å². The maximum absolute atomic E-state index is 13.4. The summed E-state index contributed by atoms with van der Waals surface area (Å²) in [7, 11) is 5.14. The van der Waals surface area contributed by atoms with E-state index in [9.17, 15) is 29.1 Å². The minimum absolute atomic E-state index is 0.0229. The molecule has 15 heterocycles. The van der Waals surface area contributed by atoms with Gasteiger partial charge in [0, 0.05) is 117 Å². The number of nitrogen functional groups attached to an aromatic ring is 3. The van der Waals surface area contributed by atoms with Crippen molar-refractivity contribution in [2.75, 3.05) is 77.8 Å². The highest BCUT2D eigenvalue weighted by atomic mass is 16.6. The number of rotatable bonds is 26. The molecule has 0 saturated heterocycles. The number of fused-ring (bicyclic) bond motifs is 3. The van der Waals surface area contributed by atoms with Gasteiger partial charge in [0.25, 0.3) is 11.8 Å². The number of amides is 4. The van der Waals surface area contributed by atoms with Crippen molar-refractivity contribution in [2.45, 2.75) is 93.2 Å². The number of hydrogen-bond donors (Lipinski definition) is 8. The van der Waals surface area contributed by atoms with E-state index in [4.69, 9.17) is 59.9 Å². The summed E-state index contributed by atoms with van der Waals surface area (Å²) in [5.41, 5.74) is 33.0. The van der Waals surface area contributed by atoms with E-state index in [0.717, 1.165) is 34.0 Å². The summed E-state index contributed by atoms with van der Waals surface area (Å²) in [5, 5.41) is 17.9. The Morgan fingerprint density at radius 2 is 0.786 bits per heavy atom. The third-order valence-corrected chi connectivity index (χ3v) is 18.2. The number of aryl methyl sites for hydroxylation is 3. The molecule has 0 unspecified atom stereocenters. The second-order valence-corrected chi connectivity index (χ2v) is 29.8. The first kappa shape index (κ1) is 89.3. The molecule has 0 aliphatic rings. The van der Waals surface area contributed by atoms with Gasteiger partial charge in [-0.3, -0.25) is 24.5 Å². The van der Waals surface area contributed by atoms with Crippen molar-refractivity contribution in [3.05, 3.63) is 217 Å². The van der Waals surface area contributed by atoms with Crippen molar-refractivity contribution in [2.24, 2.45) is 5.73 Å². The number of likely N-dealkylation sites (N-methyl/N-ethyl adjacent to an activating group) is 3. The molecule has 15 aromatic heterocycles. The fraction of sp³-hybridized carbons (Fsp3) is 0.271. The third-order valence-electron chi connectivity index (χ3n) is 18.2. The second kappa shape index (κ2) is 40.2. The Labute approximate surface area is 720 Å². The van der Waals surface area contributed by atoms with Crippen molar-refractivity contribution in [1.29, 1.82) is 0 Å². The second-order valence-electron chi connectivity index (χ2n) is 29.8.